The van der Waals surface area contributed by atoms with Gasteiger partial charge in [-0.1, -0.05) is 6.08 Å². The van der Waals surface area contributed by atoms with Crippen LogP contribution in [0.4, 0.5) is 0 Å². The van der Waals surface area contributed by atoms with Gasteiger partial charge in [0.2, 0.25) is 0 Å². The highest BCUT2D eigenvalue weighted by Gasteiger charge is 2.34. The lowest BCUT2D eigenvalue weighted by Gasteiger charge is -2.13. The number of aliphatic hydroxyl groups is 1. The van der Waals surface area contributed by atoms with Gasteiger partial charge in [-0.25, -0.2) is 15.1 Å². The molecule has 1 fully saturated rings. The Morgan fingerprint density at radius 3 is 2.97 bits per heavy atom. The number of hydrogen-bond donors (Lipinski definition) is 2. The first-order chi connectivity index (χ1) is 13.8. The van der Waals surface area contributed by atoms with Gasteiger partial charge in [-0.3, -0.25) is 8.98 Å². The van der Waals surface area contributed by atoms with Crippen molar-refractivity contribution < 1.29 is 22.5 Å². The molecule has 0 radical (unpaired) electrons. The van der Waals surface area contributed by atoms with E-state index in [-0.39, 0.29) is 24.2 Å². The van der Waals surface area contributed by atoms with Crippen molar-refractivity contribution >= 4 is 16.1 Å². The van der Waals surface area contributed by atoms with E-state index in [9.17, 15) is 18.3 Å². The second-order valence-electron chi connectivity index (χ2n) is 7.24. The van der Waals surface area contributed by atoms with Crippen molar-refractivity contribution in [1.29, 1.82) is 0 Å². The average molecular weight is 420 g/mol. The van der Waals surface area contributed by atoms with Crippen molar-refractivity contribution in [3.63, 3.8) is 0 Å². The van der Waals surface area contributed by atoms with Gasteiger partial charge in [0, 0.05) is 36.6 Å². The highest BCUT2D eigenvalue weighted by atomic mass is 32.2. The molecule has 0 amide bonds. The summed E-state index contributed by atoms with van der Waals surface area (Å²) in [7, 11) is -4.05. The van der Waals surface area contributed by atoms with Gasteiger partial charge in [0.15, 0.2) is 5.78 Å². The Morgan fingerprint density at radius 2 is 2.24 bits per heavy atom. The fraction of sp³-hybridized carbons (Fsp3) is 0.421. The molecule has 0 spiro atoms. The summed E-state index contributed by atoms with van der Waals surface area (Å²) >= 11 is 0. The molecular weight excluding hydrogens is 396 g/mol. The second kappa shape index (κ2) is 8.95. The highest BCUT2D eigenvalue weighted by molar-refractivity contribution is 7.84. The number of ketones is 1. The Balaban J connectivity index is 1.71. The van der Waals surface area contributed by atoms with Crippen LogP contribution in [-0.2, 0) is 27.5 Å². The fourth-order valence-corrected chi connectivity index (χ4v) is 4.08. The van der Waals surface area contributed by atoms with Crippen LogP contribution in [0.2, 0.25) is 0 Å². The van der Waals surface area contributed by atoms with Crippen molar-refractivity contribution in [2.45, 2.75) is 31.9 Å². The molecule has 0 bridgehead atoms. The Morgan fingerprint density at radius 1 is 1.45 bits per heavy atom. The van der Waals surface area contributed by atoms with Gasteiger partial charge in [0.1, 0.15) is 6.33 Å². The second-order valence-corrected chi connectivity index (χ2v) is 8.47. The third-order valence-corrected chi connectivity index (χ3v) is 5.54. The predicted octanol–water partition coefficient (Wildman–Crippen LogP) is 0.845. The first kappa shape index (κ1) is 21.3. The Hall–Kier alpha value is -2.40. The molecule has 9 nitrogen and oxygen atoms in total. The van der Waals surface area contributed by atoms with Gasteiger partial charge in [-0.15, -0.1) is 6.58 Å². The molecule has 2 aromatic heterocycles. The van der Waals surface area contributed by atoms with Gasteiger partial charge in [-0.2, -0.15) is 8.42 Å². The van der Waals surface area contributed by atoms with Crippen LogP contribution in [0.1, 0.15) is 34.5 Å². The van der Waals surface area contributed by atoms with Gasteiger partial charge < -0.3 is 9.67 Å². The summed E-state index contributed by atoms with van der Waals surface area (Å²) in [6.07, 6.45) is 8.98. The van der Waals surface area contributed by atoms with Crippen LogP contribution >= 0.6 is 0 Å². The topological polar surface area (TPSA) is 137 Å². The van der Waals surface area contributed by atoms with Gasteiger partial charge in [-0.05, 0) is 31.2 Å². The van der Waals surface area contributed by atoms with Crippen LogP contribution in [0.15, 0.2) is 43.6 Å². The first-order valence-corrected chi connectivity index (χ1v) is 10.7. The van der Waals surface area contributed by atoms with Crippen LogP contribution in [0.25, 0.3) is 0 Å². The van der Waals surface area contributed by atoms with E-state index in [0.29, 0.717) is 42.6 Å². The van der Waals surface area contributed by atoms with E-state index in [1.807, 2.05) is 10.8 Å². The summed E-state index contributed by atoms with van der Waals surface area (Å²) in [6.45, 7) is 4.12. The minimum atomic E-state index is -4.05. The summed E-state index contributed by atoms with van der Waals surface area (Å²) in [5.74, 6) is -0.478. The quantitative estimate of drug-likeness (QED) is 0.453. The van der Waals surface area contributed by atoms with Crippen LogP contribution < -0.4 is 5.14 Å². The van der Waals surface area contributed by atoms with Crippen molar-refractivity contribution in [3.8, 4) is 0 Å². The van der Waals surface area contributed by atoms with Crippen molar-refractivity contribution in [2.24, 2.45) is 17.0 Å². The summed E-state index contributed by atoms with van der Waals surface area (Å²) in [6, 6.07) is 1.74. The monoisotopic (exact) mass is 420 g/mol. The minimum absolute atomic E-state index is 0.0332. The van der Waals surface area contributed by atoms with Crippen LogP contribution in [0.3, 0.4) is 0 Å². The standard InChI is InChI=1S/C19H24N4O5S/c1-2-4-23-5-3-14(10-23)19(25)16-9-21-12-22-17(16)7-13-6-15(18(24)8-13)11-28-29(20,26)27/h2-3,5,9-10,12-13,15,18,24H,1,4,6-8,11H2,(H2,20,26,27)/t13-,15+,18-/m0/s1. The van der Waals surface area contributed by atoms with E-state index in [0.717, 1.165) is 0 Å². The lowest BCUT2D eigenvalue weighted by atomic mass is 9.95. The van der Waals surface area contributed by atoms with Gasteiger partial charge >= 0.3 is 10.3 Å². The molecule has 156 valence electrons. The summed E-state index contributed by atoms with van der Waals surface area (Å²) in [4.78, 5) is 21.2. The van der Waals surface area contributed by atoms with E-state index in [1.165, 1.54) is 12.5 Å². The average Bonchev–Trinajstić information content (AvgIpc) is 3.26. The number of hydrogen-bond acceptors (Lipinski definition) is 7. The van der Waals surface area contributed by atoms with E-state index < -0.39 is 16.4 Å². The van der Waals surface area contributed by atoms with E-state index in [2.05, 4.69) is 20.7 Å². The zero-order valence-corrected chi connectivity index (χ0v) is 16.7. The molecule has 1 aliphatic carbocycles. The normalized spacial score (nSPS) is 21.9. The Kier molecular flexibility index (Phi) is 6.58. The van der Waals surface area contributed by atoms with E-state index in [4.69, 9.17) is 5.14 Å². The van der Waals surface area contributed by atoms with Crippen LogP contribution in [0, 0.1) is 11.8 Å². The lowest BCUT2D eigenvalue weighted by molar-refractivity contribution is 0.100. The molecule has 10 heteroatoms. The number of allylic oxidation sites excluding steroid dienone is 1. The molecule has 29 heavy (non-hydrogen) atoms. The lowest BCUT2D eigenvalue weighted by Crippen LogP contribution is -2.24. The smallest absolute Gasteiger partial charge is 0.333 e. The number of aliphatic hydroxyl groups excluding tert-OH is 1. The van der Waals surface area contributed by atoms with Crippen LogP contribution in [-0.4, -0.2) is 46.6 Å². The van der Waals surface area contributed by atoms with E-state index in [1.54, 1.807) is 18.3 Å². The minimum Gasteiger partial charge on any atom is -0.393 e. The molecule has 3 rings (SSSR count). The molecule has 3 N–H and O–H groups in total. The van der Waals surface area contributed by atoms with Crippen molar-refractivity contribution in [1.82, 2.24) is 14.5 Å². The molecule has 1 aliphatic rings. The maximum Gasteiger partial charge on any atom is 0.333 e. The molecular formula is C19H24N4O5S. The molecule has 3 atom stereocenters. The van der Waals surface area contributed by atoms with Crippen molar-refractivity contribution in [2.75, 3.05) is 6.61 Å². The number of nitrogens with two attached hydrogens (primary N) is 1. The molecule has 0 aromatic carbocycles. The zero-order valence-electron chi connectivity index (χ0n) is 15.8. The predicted molar refractivity (Wildman–Crippen MR) is 105 cm³/mol. The summed E-state index contributed by atoms with van der Waals surface area (Å²) in [5, 5.41) is 15.1. The SMILES string of the molecule is C=CCn1ccc(C(=O)c2cncnc2C[C@@H]2C[C@H](COS(N)(=O)=O)[C@@H](O)C2)c1. The number of carbonyl (C=O) groups is 1. The molecule has 0 saturated heterocycles. The maximum absolute atomic E-state index is 12.9. The fourth-order valence-electron chi connectivity index (χ4n) is 3.72. The van der Waals surface area contributed by atoms with Gasteiger partial charge in [0.05, 0.1) is 24.0 Å². The maximum atomic E-state index is 12.9. The summed E-state index contributed by atoms with van der Waals surface area (Å²) < 4.78 is 28.4. The molecule has 1 saturated carbocycles. The summed E-state index contributed by atoms with van der Waals surface area (Å²) in [5.41, 5.74) is 1.56. The third-order valence-electron chi connectivity index (χ3n) is 5.08. The number of aromatic nitrogens is 3. The molecule has 0 unspecified atom stereocenters. The first-order valence-electron chi connectivity index (χ1n) is 9.22. The van der Waals surface area contributed by atoms with E-state index >= 15 is 0 Å². The van der Waals surface area contributed by atoms with Crippen LogP contribution in [0.5, 0.6) is 0 Å². The van der Waals surface area contributed by atoms with Gasteiger partial charge in [0.25, 0.3) is 0 Å². The largest absolute Gasteiger partial charge is 0.393 e. The number of nitrogens with zero attached hydrogens (tertiary/aromatic N) is 3. The third kappa shape index (κ3) is 5.57. The number of rotatable bonds is 9. The Labute approximate surface area is 169 Å². The highest BCUT2D eigenvalue weighted by Crippen LogP contribution is 2.34. The molecule has 2 aromatic rings. The molecule has 0 aliphatic heterocycles. The zero-order chi connectivity index (χ0) is 21.0. The number of carbonyl (C=O) groups excluding carboxylic acids is 1. The van der Waals surface area contributed by atoms with Crippen molar-refractivity contribution in [3.05, 3.63) is 60.5 Å². The Bertz CT molecular complexity index is 988. The molecule has 2 heterocycles.